The van der Waals surface area contributed by atoms with Crippen molar-refractivity contribution in [3.05, 3.63) is 70.5 Å². The van der Waals surface area contributed by atoms with E-state index in [0.29, 0.717) is 43.1 Å². The van der Waals surface area contributed by atoms with E-state index in [1.165, 1.54) is 12.1 Å². The minimum absolute atomic E-state index is 0.308. The highest BCUT2D eigenvalue weighted by Crippen LogP contribution is 2.33. The number of aliphatic hydroxyl groups excluding tert-OH is 1. The zero-order chi connectivity index (χ0) is 17.2. The van der Waals surface area contributed by atoms with Gasteiger partial charge in [-0.1, -0.05) is 35.9 Å². The van der Waals surface area contributed by atoms with Crippen molar-refractivity contribution >= 4 is 11.6 Å². The van der Waals surface area contributed by atoms with Crippen LogP contribution in [0.5, 0.6) is 0 Å². The maximum atomic E-state index is 13.0. The van der Waals surface area contributed by atoms with E-state index >= 15 is 0 Å². The Labute approximate surface area is 146 Å². The number of likely N-dealkylation sites (tertiary alicyclic amines) is 1. The Morgan fingerprint density at radius 1 is 1.04 bits per heavy atom. The standard InChI is InChI=1S/C19H21ClFNO2/c20-16-5-3-15(4-6-16)19(24)9-11-22(12-10-19)13-18(23)14-1-7-17(21)8-2-14/h1-8,18,23-24H,9-13H2. The first-order valence-electron chi connectivity index (χ1n) is 8.11. The Balaban J connectivity index is 1.58. The molecule has 0 aromatic heterocycles. The van der Waals surface area contributed by atoms with Crippen molar-refractivity contribution in [2.24, 2.45) is 0 Å². The summed E-state index contributed by atoms with van der Waals surface area (Å²) in [6, 6.07) is 13.2. The number of nitrogens with zero attached hydrogens (tertiary/aromatic N) is 1. The largest absolute Gasteiger partial charge is 0.387 e. The van der Waals surface area contributed by atoms with Gasteiger partial charge in [-0.2, -0.15) is 0 Å². The van der Waals surface area contributed by atoms with Crippen molar-refractivity contribution in [3.8, 4) is 0 Å². The van der Waals surface area contributed by atoms with E-state index in [9.17, 15) is 14.6 Å². The first-order chi connectivity index (χ1) is 11.5. The van der Waals surface area contributed by atoms with Crippen LogP contribution >= 0.6 is 11.6 Å². The molecule has 3 nitrogen and oxygen atoms in total. The molecule has 0 saturated carbocycles. The molecular formula is C19H21ClFNO2. The van der Waals surface area contributed by atoms with E-state index in [0.717, 1.165) is 5.56 Å². The molecule has 1 aliphatic heterocycles. The molecule has 1 unspecified atom stereocenters. The van der Waals surface area contributed by atoms with Gasteiger partial charge < -0.3 is 15.1 Å². The molecule has 0 bridgehead atoms. The number of hydrogen-bond donors (Lipinski definition) is 2. The van der Waals surface area contributed by atoms with Crippen LogP contribution in [-0.2, 0) is 5.60 Å². The van der Waals surface area contributed by atoms with Gasteiger partial charge in [0.1, 0.15) is 5.82 Å². The summed E-state index contributed by atoms with van der Waals surface area (Å²) >= 11 is 5.90. The molecule has 1 saturated heterocycles. The van der Waals surface area contributed by atoms with E-state index in [1.807, 2.05) is 12.1 Å². The fourth-order valence-corrected chi connectivity index (χ4v) is 3.32. The predicted molar refractivity (Wildman–Crippen MR) is 92.4 cm³/mol. The van der Waals surface area contributed by atoms with Crippen LogP contribution in [0.4, 0.5) is 4.39 Å². The van der Waals surface area contributed by atoms with Crippen LogP contribution in [0, 0.1) is 5.82 Å². The summed E-state index contributed by atoms with van der Waals surface area (Å²) in [4.78, 5) is 2.12. The minimum atomic E-state index is -0.845. The lowest BCUT2D eigenvalue weighted by molar-refractivity contribution is -0.0344. The molecule has 2 N–H and O–H groups in total. The molecule has 0 radical (unpaired) electrons. The number of aliphatic hydroxyl groups is 2. The molecule has 2 aromatic rings. The molecule has 24 heavy (non-hydrogen) atoms. The van der Waals surface area contributed by atoms with Crippen LogP contribution in [0.25, 0.3) is 0 Å². The number of benzene rings is 2. The van der Waals surface area contributed by atoms with Crippen LogP contribution in [0.2, 0.25) is 5.02 Å². The summed E-state index contributed by atoms with van der Waals surface area (Å²) < 4.78 is 13.0. The van der Waals surface area contributed by atoms with Gasteiger partial charge >= 0.3 is 0 Å². The smallest absolute Gasteiger partial charge is 0.123 e. The highest BCUT2D eigenvalue weighted by atomic mass is 35.5. The zero-order valence-corrected chi connectivity index (χ0v) is 14.1. The Morgan fingerprint density at radius 2 is 1.62 bits per heavy atom. The summed E-state index contributed by atoms with van der Waals surface area (Å²) in [5.74, 6) is -0.308. The molecule has 5 heteroatoms. The van der Waals surface area contributed by atoms with E-state index < -0.39 is 11.7 Å². The lowest BCUT2D eigenvalue weighted by Crippen LogP contribution is -2.43. The molecule has 0 spiro atoms. The van der Waals surface area contributed by atoms with Crippen LogP contribution < -0.4 is 0 Å². The molecule has 3 rings (SSSR count). The second-order valence-corrected chi connectivity index (χ2v) is 6.84. The minimum Gasteiger partial charge on any atom is -0.387 e. The summed E-state index contributed by atoms with van der Waals surface area (Å²) in [5.41, 5.74) is 0.739. The van der Waals surface area contributed by atoms with Crippen molar-refractivity contribution in [2.45, 2.75) is 24.5 Å². The Kier molecular flexibility index (Phi) is 5.21. The maximum absolute atomic E-state index is 13.0. The first-order valence-corrected chi connectivity index (χ1v) is 8.48. The molecule has 128 valence electrons. The van der Waals surface area contributed by atoms with Crippen molar-refractivity contribution in [1.82, 2.24) is 4.90 Å². The second kappa shape index (κ2) is 7.19. The van der Waals surface area contributed by atoms with Crippen LogP contribution in [0.15, 0.2) is 48.5 Å². The molecular weight excluding hydrogens is 329 g/mol. The highest BCUT2D eigenvalue weighted by Gasteiger charge is 2.34. The third kappa shape index (κ3) is 3.95. The van der Waals surface area contributed by atoms with E-state index in [1.54, 1.807) is 24.3 Å². The van der Waals surface area contributed by atoms with Gasteiger partial charge in [-0.15, -0.1) is 0 Å². The second-order valence-electron chi connectivity index (χ2n) is 6.41. The number of halogens is 2. The van der Waals surface area contributed by atoms with Gasteiger partial charge in [-0.25, -0.2) is 4.39 Å². The maximum Gasteiger partial charge on any atom is 0.123 e. The molecule has 0 aliphatic carbocycles. The van der Waals surface area contributed by atoms with Gasteiger partial charge in [0, 0.05) is 24.7 Å². The average Bonchev–Trinajstić information content (AvgIpc) is 2.58. The van der Waals surface area contributed by atoms with Crippen LogP contribution in [-0.4, -0.2) is 34.7 Å². The first kappa shape index (κ1) is 17.4. The summed E-state index contributed by atoms with van der Waals surface area (Å²) in [6.07, 6.45) is 0.544. The lowest BCUT2D eigenvalue weighted by atomic mass is 9.84. The SMILES string of the molecule is OC(CN1CCC(O)(c2ccc(Cl)cc2)CC1)c1ccc(F)cc1. The van der Waals surface area contributed by atoms with E-state index in [4.69, 9.17) is 11.6 Å². The summed E-state index contributed by atoms with van der Waals surface area (Å²) in [6.45, 7) is 1.86. The Bertz CT molecular complexity index is 667. The number of rotatable bonds is 4. The van der Waals surface area contributed by atoms with Crippen molar-refractivity contribution < 1.29 is 14.6 Å². The molecule has 1 heterocycles. The zero-order valence-electron chi connectivity index (χ0n) is 13.3. The van der Waals surface area contributed by atoms with E-state index in [-0.39, 0.29) is 5.82 Å². The molecule has 0 amide bonds. The van der Waals surface area contributed by atoms with Crippen molar-refractivity contribution in [3.63, 3.8) is 0 Å². The van der Waals surface area contributed by atoms with Gasteiger partial charge in [0.25, 0.3) is 0 Å². The van der Waals surface area contributed by atoms with Crippen LogP contribution in [0.3, 0.4) is 0 Å². The van der Waals surface area contributed by atoms with Crippen molar-refractivity contribution in [2.75, 3.05) is 19.6 Å². The third-order valence-electron chi connectivity index (χ3n) is 4.75. The lowest BCUT2D eigenvalue weighted by Gasteiger charge is -2.39. The molecule has 1 fully saturated rings. The molecule has 1 atom stereocenters. The monoisotopic (exact) mass is 349 g/mol. The van der Waals surface area contributed by atoms with Gasteiger partial charge in [-0.3, -0.25) is 0 Å². The normalized spacial score (nSPS) is 19.2. The number of hydrogen-bond acceptors (Lipinski definition) is 3. The predicted octanol–water partition coefficient (Wildman–Crippen LogP) is 3.50. The molecule has 1 aliphatic rings. The third-order valence-corrected chi connectivity index (χ3v) is 5.00. The van der Waals surface area contributed by atoms with Gasteiger partial charge in [-0.05, 0) is 48.2 Å². The topological polar surface area (TPSA) is 43.7 Å². The Morgan fingerprint density at radius 3 is 2.21 bits per heavy atom. The highest BCUT2D eigenvalue weighted by molar-refractivity contribution is 6.30. The number of β-amino-alcohol motifs (C(OH)–C–C–N with tert-alkyl or cyclic N) is 1. The molecule has 2 aromatic carbocycles. The van der Waals surface area contributed by atoms with Gasteiger partial charge in [0.05, 0.1) is 11.7 Å². The quantitative estimate of drug-likeness (QED) is 0.888. The van der Waals surface area contributed by atoms with Gasteiger partial charge in [0.2, 0.25) is 0 Å². The average molecular weight is 350 g/mol. The summed E-state index contributed by atoms with van der Waals surface area (Å²) in [7, 11) is 0. The summed E-state index contributed by atoms with van der Waals surface area (Å²) in [5, 5.41) is 21.8. The number of piperidine rings is 1. The van der Waals surface area contributed by atoms with Crippen LogP contribution in [0.1, 0.15) is 30.1 Å². The fourth-order valence-electron chi connectivity index (χ4n) is 3.19. The fraction of sp³-hybridized carbons (Fsp3) is 0.368. The van der Waals surface area contributed by atoms with Crippen molar-refractivity contribution in [1.29, 1.82) is 0 Å². The Hall–Kier alpha value is -1.46. The van der Waals surface area contributed by atoms with E-state index in [2.05, 4.69) is 4.90 Å². The van der Waals surface area contributed by atoms with Gasteiger partial charge in [0.15, 0.2) is 0 Å².